The Morgan fingerprint density at radius 3 is 2.35 bits per heavy atom. The highest BCUT2D eigenvalue weighted by molar-refractivity contribution is 6.30. The van der Waals surface area contributed by atoms with E-state index >= 15 is 0 Å². The molecule has 0 aliphatic carbocycles. The molecule has 0 radical (unpaired) electrons. The summed E-state index contributed by atoms with van der Waals surface area (Å²) in [5, 5.41) is 4.16. The molecular formula is C16H26ClNO2. The van der Waals surface area contributed by atoms with Gasteiger partial charge in [0.05, 0.1) is 18.8 Å². The van der Waals surface area contributed by atoms with Crippen LogP contribution in [0.2, 0.25) is 5.02 Å². The van der Waals surface area contributed by atoms with Gasteiger partial charge in [0.25, 0.3) is 0 Å². The predicted molar refractivity (Wildman–Crippen MR) is 84.4 cm³/mol. The molecular weight excluding hydrogens is 274 g/mol. The maximum Gasteiger partial charge on any atom is 0.0954 e. The summed E-state index contributed by atoms with van der Waals surface area (Å²) >= 11 is 5.94. The molecule has 1 rings (SSSR count). The average Bonchev–Trinajstić information content (AvgIpc) is 2.42. The summed E-state index contributed by atoms with van der Waals surface area (Å²) in [7, 11) is 0. The lowest BCUT2D eigenvalue weighted by molar-refractivity contribution is -0.0475. The Labute approximate surface area is 127 Å². The molecule has 1 aromatic carbocycles. The largest absolute Gasteiger partial charge is 0.379 e. The summed E-state index contributed by atoms with van der Waals surface area (Å²) in [6.07, 6.45) is 0.0645. The molecule has 2 atom stereocenters. The second-order valence-corrected chi connectivity index (χ2v) is 5.65. The monoisotopic (exact) mass is 299 g/mol. The van der Waals surface area contributed by atoms with Crippen molar-refractivity contribution in [1.29, 1.82) is 0 Å². The average molecular weight is 300 g/mol. The molecule has 20 heavy (non-hydrogen) atoms. The number of nitrogens with one attached hydrogen (secondary N) is 1. The van der Waals surface area contributed by atoms with E-state index in [9.17, 15) is 0 Å². The van der Waals surface area contributed by atoms with Gasteiger partial charge in [-0.3, -0.25) is 0 Å². The minimum absolute atomic E-state index is 0.00474. The van der Waals surface area contributed by atoms with Gasteiger partial charge >= 0.3 is 0 Å². The smallest absolute Gasteiger partial charge is 0.0954 e. The Morgan fingerprint density at radius 2 is 1.80 bits per heavy atom. The van der Waals surface area contributed by atoms with Gasteiger partial charge in [-0.2, -0.15) is 0 Å². The zero-order chi connectivity index (χ0) is 15.0. The third-order valence-corrected chi connectivity index (χ3v) is 3.16. The van der Waals surface area contributed by atoms with Gasteiger partial charge in [-0.15, -0.1) is 0 Å². The molecule has 0 aromatic heterocycles. The van der Waals surface area contributed by atoms with Crippen LogP contribution in [0.4, 0.5) is 0 Å². The Balaban J connectivity index is 2.66. The highest BCUT2D eigenvalue weighted by Crippen LogP contribution is 2.21. The first-order valence-corrected chi connectivity index (χ1v) is 7.62. The van der Waals surface area contributed by atoms with Gasteiger partial charge < -0.3 is 14.8 Å². The van der Waals surface area contributed by atoms with Crippen molar-refractivity contribution in [1.82, 2.24) is 5.32 Å². The van der Waals surface area contributed by atoms with Gasteiger partial charge in [0, 0.05) is 24.2 Å². The summed E-state index contributed by atoms with van der Waals surface area (Å²) in [6.45, 7) is 10.4. The number of rotatable bonds is 9. The van der Waals surface area contributed by atoms with Crippen molar-refractivity contribution >= 4 is 11.6 Å². The molecule has 0 saturated heterocycles. The van der Waals surface area contributed by atoms with Crippen LogP contribution >= 0.6 is 11.6 Å². The second-order valence-electron chi connectivity index (χ2n) is 5.21. The second kappa shape index (κ2) is 9.35. The molecule has 3 nitrogen and oxygen atoms in total. The van der Waals surface area contributed by atoms with Gasteiger partial charge in [0.1, 0.15) is 0 Å². The Hall–Kier alpha value is -0.610. The van der Waals surface area contributed by atoms with E-state index in [2.05, 4.69) is 19.2 Å². The maximum atomic E-state index is 6.10. The SMILES string of the molecule is CCOCC(C)OC(CNC(C)C)c1ccc(Cl)cc1. The maximum absolute atomic E-state index is 6.10. The number of halogens is 1. The Bertz CT molecular complexity index is 367. The topological polar surface area (TPSA) is 30.5 Å². The molecule has 0 spiro atoms. The molecule has 1 N–H and O–H groups in total. The van der Waals surface area contributed by atoms with Crippen molar-refractivity contribution in [2.45, 2.75) is 45.9 Å². The summed E-state index contributed by atoms with van der Waals surface area (Å²) in [6, 6.07) is 8.26. The molecule has 0 amide bonds. The number of hydrogen-bond donors (Lipinski definition) is 1. The van der Waals surface area contributed by atoms with E-state index in [1.807, 2.05) is 38.1 Å². The molecule has 1 aromatic rings. The Kier molecular flexibility index (Phi) is 8.15. The minimum atomic E-state index is 0.00474. The lowest BCUT2D eigenvalue weighted by Crippen LogP contribution is -2.31. The van der Waals surface area contributed by atoms with Crippen molar-refractivity contribution in [3.63, 3.8) is 0 Å². The summed E-state index contributed by atoms with van der Waals surface area (Å²) in [5.74, 6) is 0. The molecule has 4 heteroatoms. The first kappa shape index (κ1) is 17.4. The number of ether oxygens (including phenoxy) is 2. The third-order valence-electron chi connectivity index (χ3n) is 2.91. The van der Waals surface area contributed by atoms with Gasteiger partial charge in [0.2, 0.25) is 0 Å². The molecule has 0 saturated carbocycles. The fourth-order valence-corrected chi connectivity index (χ4v) is 1.99. The van der Waals surface area contributed by atoms with Crippen LogP contribution < -0.4 is 5.32 Å². The summed E-state index contributed by atoms with van der Waals surface area (Å²) in [5.41, 5.74) is 1.13. The van der Waals surface area contributed by atoms with Crippen LogP contribution in [-0.2, 0) is 9.47 Å². The molecule has 0 bridgehead atoms. The number of hydrogen-bond acceptors (Lipinski definition) is 3. The van der Waals surface area contributed by atoms with E-state index in [1.165, 1.54) is 0 Å². The van der Waals surface area contributed by atoms with Gasteiger partial charge in [-0.1, -0.05) is 37.6 Å². The highest BCUT2D eigenvalue weighted by Gasteiger charge is 2.16. The van der Waals surface area contributed by atoms with Gasteiger partial charge in [-0.05, 0) is 31.5 Å². The fraction of sp³-hybridized carbons (Fsp3) is 0.625. The molecule has 2 unspecified atom stereocenters. The molecule has 114 valence electrons. The number of benzene rings is 1. The predicted octanol–water partition coefficient (Wildman–Crippen LogP) is 3.82. The van der Waals surface area contributed by atoms with Crippen molar-refractivity contribution < 1.29 is 9.47 Å². The van der Waals surface area contributed by atoms with Crippen molar-refractivity contribution in [2.75, 3.05) is 19.8 Å². The van der Waals surface area contributed by atoms with E-state index < -0.39 is 0 Å². The summed E-state index contributed by atoms with van der Waals surface area (Å²) in [4.78, 5) is 0. The first-order valence-electron chi connectivity index (χ1n) is 7.25. The third kappa shape index (κ3) is 6.71. The highest BCUT2D eigenvalue weighted by atomic mass is 35.5. The van der Waals surface area contributed by atoms with E-state index in [-0.39, 0.29) is 12.2 Å². The van der Waals surface area contributed by atoms with Crippen molar-refractivity contribution in [3.05, 3.63) is 34.9 Å². The molecule has 0 aliphatic heterocycles. The molecule has 0 aliphatic rings. The van der Waals surface area contributed by atoms with Crippen molar-refractivity contribution in [3.8, 4) is 0 Å². The van der Waals surface area contributed by atoms with Crippen LogP contribution in [-0.4, -0.2) is 31.9 Å². The van der Waals surface area contributed by atoms with Gasteiger partial charge in [0.15, 0.2) is 0 Å². The van der Waals surface area contributed by atoms with Crippen LogP contribution in [0.3, 0.4) is 0 Å². The van der Waals surface area contributed by atoms with E-state index in [1.54, 1.807) is 0 Å². The van der Waals surface area contributed by atoms with Crippen LogP contribution in [0.25, 0.3) is 0 Å². The van der Waals surface area contributed by atoms with Gasteiger partial charge in [-0.25, -0.2) is 0 Å². The summed E-state index contributed by atoms with van der Waals surface area (Å²) < 4.78 is 11.5. The van der Waals surface area contributed by atoms with E-state index in [0.717, 1.165) is 17.1 Å². The molecule has 0 heterocycles. The first-order chi connectivity index (χ1) is 9.52. The fourth-order valence-electron chi connectivity index (χ4n) is 1.87. The van der Waals surface area contributed by atoms with E-state index in [0.29, 0.717) is 19.3 Å². The van der Waals surface area contributed by atoms with E-state index in [4.69, 9.17) is 21.1 Å². The Morgan fingerprint density at radius 1 is 1.15 bits per heavy atom. The van der Waals surface area contributed by atoms with Crippen LogP contribution in [0.1, 0.15) is 39.4 Å². The van der Waals surface area contributed by atoms with Crippen LogP contribution in [0.15, 0.2) is 24.3 Å². The van der Waals surface area contributed by atoms with Crippen molar-refractivity contribution in [2.24, 2.45) is 0 Å². The normalized spacial score (nSPS) is 14.5. The van der Waals surface area contributed by atoms with Crippen LogP contribution in [0, 0.1) is 0 Å². The molecule has 0 fully saturated rings. The zero-order valence-corrected chi connectivity index (χ0v) is 13.6. The standard InChI is InChI=1S/C16H26ClNO2/c1-5-19-11-13(4)20-16(10-18-12(2)3)14-6-8-15(17)9-7-14/h6-9,12-13,16,18H,5,10-11H2,1-4H3. The minimum Gasteiger partial charge on any atom is -0.379 e. The quantitative estimate of drug-likeness (QED) is 0.752. The lowest BCUT2D eigenvalue weighted by Gasteiger charge is -2.24. The zero-order valence-electron chi connectivity index (χ0n) is 12.9. The lowest BCUT2D eigenvalue weighted by atomic mass is 10.1. The van der Waals surface area contributed by atoms with Crippen LogP contribution in [0.5, 0.6) is 0 Å².